The van der Waals surface area contributed by atoms with Crippen LogP contribution in [0.4, 0.5) is 0 Å². The Morgan fingerprint density at radius 3 is 2.78 bits per heavy atom. The van der Waals surface area contributed by atoms with Crippen LogP contribution in [0.2, 0.25) is 5.02 Å². The first kappa shape index (κ1) is 14.8. The third-order valence-corrected chi connectivity index (χ3v) is 3.18. The second-order valence-corrected chi connectivity index (χ2v) is 4.66. The van der Waals surface area contributed by atoms with Crippen molar-refractivity contribution in [3.8, 4) is 5.75 Å². The van der Waals surface area contributed by atoms with Crippen LogP contribution in [0, 0.1) is 6.92 Å². The first-order chi connectivity index (χ1) is 8.45. The number of carbonyl (C=O) groups is 1. The fraction of sp³-hybridized carbons (Fsp3) is 0.462. The smallest absolute Gasteiger partial charge is 0.320 e. The minimum atomic E-state index is -0.959. The van der Waals surface area contributed by atoms with Gasteiger partial charge >= 0.3 is 5.97 Å². The Balaban J connectivity index is 2.63. The molecule has 0 saturated carbocycles. The monoisotopic (exact) mass is 271 g/mol. The van der Waals surface area contributed by atoms with E-state index in [2.05, 4.69) is 0 Å². The summed E-state index contributed by atoms with van der Waals surface area (Å²) in [6.45, 7) is 1.98. The van der Waals surface area contributed by atoms with Crippen molar-refractivity contribution in [2.24, 2.45) is 5.73 Å². The highest BCUT2D eigenvalue weighted by atomic mass is 35.5. The lowest BCUT2D eigenvalue weighted by molar-refractivity contribution is -0.138. The number of hydrogen-bond acceptors (Lipinski definition) is 3. The van der Waals surface area contributed by atoms with Gasteiger partial charge in [-0.05, 0) is 49.4 Å². The van der Waals surface area contributed by atoms with Gasteiger partial charge in [-0.1, -0.05) is 11.6 Å². The van der Waals surface area contributed by atoms with E-state index in [4.69, 9.17) is 27.2 Å². The standard InChI is InChI=1S/C13H18ClNO3/c1-8-6-12(18-2)10(14)7-9(8)4-3-5-11(15)13(16)17/h6-7,11H,3-5,15H2,1-2H3,(H,16,17). The number of hydrogen-bond donors (Lipinski definition) is 2. The summed E-state index contributed by atoms with van der Waals surface area (Å²) < 4.78 is 5.13. The molecule has 0 aliphatic rings. The summed E-state index contributed by atoms with van der Waals surface area (Å²) in [5, 5.41) is 9.25. The third kappa shape index (κ3) is 3.89. The van der Waals surface area contributed by atoms with Crippen LogP contribution in [0.25, 0.3) is 0 Å². The van der Waals surface area contributed by atoms with Crippen LogP contribution in [-0.2, 0) is 11.2 Å². The van der Waals surface area contributed by atoms with E-state index in [9.17, 15) is 4.79 Å². The highest BCUT2D eigenvalue weighted by Gasteiger charge is 2.11. The summed E-state index contributed by atoms with van der Waals surface area (Å²) in [4.78, 5) is 10.6. The molecule has 5 heteroatoms. The van der Waals surface area contributed by atoms with Gasteiger partial charge in [-0.15, -0.1) is 0 Å². The van der Waals surface area contributed by atoms with Gasteiger partial charge in [-0.2, -0.15) is 0 Å². The van der Waals surface area contributed by atoms with Gasteiger partial charge in [0.2, 0.25) is 0 Å². The molecule has 1 aromatic rings. The number of carboxylic acids is 1. The van der Waals surface area contributed by atoms with Gasteiger partial charge in [0.1, 0.15) is 11.8 Å². The second-order valence-electron chi connectivity index (χ2n) is 4.25. The Hall–Kier alpha value is -1.26. The molecule has 18 heavy (non-hydrogen) atoms. The number of aryl methyl sites for hydroxylation is 2. The molecule has 1 aromatic carbocycles. The molecule has 1 rings (SSSR count). The number of carboxylic acid groups (broad SMARTS) is 1. The van der Waals surface area contributed by atoms with E-state index in [1.165, 1.54) is 0 Å². The van der Waals surface area contributed by atoms with E-state index in [0.717, 1.165) is 24.0 Å². The summed E-state index contributed by atoms with van der Waals surface area (Å²) in [5.74, 6) is -0.306. The van der Waals surface area contributed by atoms with Crippen molar-refractivity contribution < 1.29 is 14.6 Å². The highest BCUT2D eigenvalue weighted by molar-refractivity contribution is 6.32. The zero-order valence-corrected chi connectivity index (χ0v) is 11.3. The molecule has 0 amide bonds. The lowest BCUT2D eigenvalue weighted by Crippen LogP contribution is -2.29. The van der Waals surface area contributed by atoms with Crippen LogP contribution < -0.4 is 10.5 Å². The molecule has 4 nitrogen and oxygen atoms in total. The van der Waals surface area contributed by atoms with Crippen LogP contribution in [-0.4, -0.2) is 24.2 Å². The number of ether oxygens (including phenoxy) is 1. The Kier molecular flexibility index (Phi) is 5.44. The number of benzene rings is 1. The molecule has 0 saturated heterocycles. The average molecular weight is 272 g/mol. The van der Waals surface area contributed by atoms with Crippen molar-refractivity contribution in [1.29, 1.82) is 0 Å². The number of halogens is 1. The van der Waals surface area contributed by atoms with Crippen molar-refractivity contribution in [3.63, 3.8) is 0 Å². The summed E-state index contributed by atoms with van der Waals surface area (Å²) in [6, 6.07) is 2.95. The van der Waals surface area contributed by atoms with Crippen LogP contribution in [0.5, 0.6) is 5.75 Å². The fourth-order valence-electron chi connectivity index (χ4n) is 1.76. The molecule has 0 fully saturated rings. The van der Waals surface area contributed by atoms with E-state index in [0.29, 0.717) is 17.2 Å². The lowest BCUT2D eigenvalue weighted by atomic mass is 10.0. The number of methoxy groups -OCH3 is 1. The minimum Gasteiger partial charge on any atom is -0.495 e. The minimum absolute atomic E-state index is 0.457. The number of nitrogens with two attached hydrogens (primary N) is 1. The molecule has 1 unspecified atom stereocenters. The van der Waals surface area contributed by atoms with Crippen molar-refractivity contribution in [3.05, 3.63) is 28.3 Å². The molecule has 0 spiro atoms. The summed E-state index contributed by atoms with van der Waals surface area (Å²) in [7, 11) is 1.58. The van der Waals surface area contributed by atoms with Gasteiger partial charge in [0.05, 0.1) is 12.1 Å². The molecule has 0 aliphatic carbocycles. The van der Waals surface area contributed by atoms with E-state index in [1.54, 1.807) is 7.11 Å². The van der Waals surface area contributed by atoms with Crippen LogP contribution >= 0.6 is 11.6 Å². The normalized spacial score (nSPS) is 12.2. The average Bonchev–Trinajstić information content (AvgIpc) is 2.32. The predicted molar refractivity (Wildman–Crippen MR) is 71.3 cm³/mol. The zero-order chi connectivity index (χ0) is 13.7. The van der Waals surface area contributed by atoms with Gasteiger partial charge in [-0.25, -0.2) is 0 Å². The van der Waals surface area contributed by atoms with Crippen LogP contribution in [0.3, 0.4) is 0 Å². The maximum Gasteiger partial charge on any atom is 0.320 e. The van der Waals surface area contributed by atoms with Gasteiger partial charge in [-0.3, -0.25) is 4.79 Å². The van der Waals surface area contributed by atoms with Crippen LogP contribution in [0.1, 0.15) is 24.0 Å². The van der Waals surface area contributed by atoms with E-state index in [-0.39, 0.29) is 0 Å². The molecule has 0 radical (unpaired) electrons. The molecule has 0 aliphatic heterocycles. The lowest BCUT2D eigenvalue weighted by Gasteiger charge is -2.11. The van der Waals surface area contributed by atoms with Gasteiger partial charge in [0, 0.05) is 0 Å². The summed E-state index contributed by atoms with van der Waals surface area (Å²) >= 11 is 6.05. The largest absolute Gasteiger partial charge is 0.495 e. The van der Waals surface area contributed by atoms with Crippen LogP contribution in [0.15, 0.2) is 12.1 Å². The summed E-state index contributed by atoms with van der Waals surface area (Å²) in [5.41, 5.74) is 7.63. The molecular weight excluding hydrogens is 254 g/mol. The van der Waals surface area contributed by atoms with Crippen molar-refractivity contribution in [1.82, 2.24) is 0 Å². The molecule has 0 heterocycles. The maximum absolute atomic E-state index is 10.6. The van der Waals surface area contributed by atoms with Crippen molar-refractivity contribution in [2.45, 2.75) is 32.2 Å². The quantitative estimate of drug-likeness (QED) is 0.833. The number of aliphatic carboxylic acids is 1. The Labute approximate surface area is 112 Å². The van der Waals surface area contributed by atoms with Crippen molar-refractivity contribution >= 4 is 17.6 Å². The summed E-state index contributed by atoms with van der Waals surface area (Å²) in [6.07, 6.45) is 1.94. The molecule has 100 valence electrons. The third-order valence-electron chi connectivity index (χ3n) is 2.89. The van der Waals surface area contributed by atoms with E-state index < -0.39 is 12.0 Å². The second kappa shape index (κ2) is 6.61. The van der Waals surface area contributed by atoms with Gasteiger partial charge < -0.3 is 15.6 Å². The molecular formula is C13H18ClNO3. The maximum atomic E-state index is 10.6. The Bertz CT molecular complexity index is 434. The molecule has 1 atom stereocenters. The molecule has 3 N–H and O–H groups in total. The van der Waals surface area contributed by atoms with Gasteiger partial charge in [0.15, 0.2) is 0 Å². The van der Waals surface area contributed by atoms with E-state index in [1.807, 2.05) is 19.1 Å². The molecule has 0 bridgehead atoms. The van der Waals surface area contributed by atoms with Gasteiger partial charge in [0.25, 0.3) is 0 Å². The number of rotatable bonds is 6. The van der Waals surface area contributed by atoms with Crippen molar-refractivity contribution in [2.75, 3.05) is 7.11 Å². The zero-order valence-electron chi connectivity index (χ0n) is 10.6. The Morgan fingerprint density at radius 1 is 1.56 bits per heavy atom. The fourth-order valence-corrected chi connectivity index (χ4v) is 2.02. The first-order valence-electron chi connectivity index (χ1n) is 5.77. The topological polar surface area (TPSA) is 72.5 Å². The Morgan fingerprint density at radius 2 is 2.22 bits per heavy atom. The molecule has 0 aromatic heterocycles. The SMILES string of the molecule is COc1cc(C)c(CCCC(N)C(=O)O)cc1Cl. The first-order valence-corrected chi connectivity index (χ1v) is 6.15. The van der Waals surface area contributed by atoms with E-state index >= 15 is 0 Å². The predicted octanol–water partition coefficient (Wildman–Crippen LogP) is 2.39. The highest BCUT2D eigenvalue weighted by Crippen LogP contribution is 2.28.